The standard InChI is InChI=1S/C19H18ClN3O4/c1-12(2)27-18(24)11-21-19(25)15-10-16(17-4-3-9-26-17)23(22-15)14-7-5-13(20)6-8-14/h3-10,12H,11H2,1-2H3,(H,21,25). The Balaban J connectivity index is 1.86. The fraction of sp³-hybridized carbons (Fsp3) is 0.211. The molecule has 0 atom stereocenters. The second kappa shape index (κ2) is 8.09. The van der Waals surface area contributed by atoms with Crippen molar-refractivity contribution in [2.24, 2.45) is 0 Å². The first kappa shape index (κ1) is 18.7. The molecule has 2 aromatic heterocycles. The van der Waals surface area contributed by atoms with Gasteiger partial charge in [0.25, 0.3) is 5.91 Å². The quantitative estimate of drug-likeness (QED) is 0.654. The SMILES string of the molecule is CC(C)OC(=O)CNC(=O)c1cc(-c2ccco2)n(-c2ccc(Cl)cc2)n1. The van der Waals surface area contributed by atoms with E-state index in [4.69, 9.17) is 20.8 Å². The Hall–Kier alpha value is -3.06. The van der Waals surface area contributed by atoms with Crippen molar-refractivity contribution in [1.29, 1.82) is 0 Å². The van der Waals surface area contributed by atoms with Gasteiger partial charge in [0.1, 0.15) is 12.2 Å². The number of hydrogen-bond donors (Lipinski definition) is 1. The number of nitrogens with one attached hydrogen (secondary N) is 1. The Morgan fingerprint density at radius 3 is 2.63 bits per heavy atom. The smallest absolute Gasteiger partial charge is 0.325 e. The Morgan fingerprint density at radius 1 is 1.26 bits per heavy atom. The second-order valence-corrected chi connectivity index (χ2v) is 6.44. The minimum atomic E-state index is -0.512. The predicted molar refractivity (Wildman–Crippen MR) is 99.8 cm³/mol. The number of aromatic nitrogens is 2. The number of nitrogens with zero attached hydrogens (tertiary/aromatic N) is 2. The molecule has 0 radical (unpaired) electrons. The number of benzene rings is 1. The summed E-state index contributed by atoms with van der Waals surface area (Å²) in [5.74, 6) is -0.450. The van der Waals surface area contributed by atoms with E-state index in [1.807, 2.05) is 0 Å². The van der Waals surface area contributed by atoms with Gasteiger partial charge < -0.3 is 14.5 Å². The number of ether oxygens (including phenoxy) is 1. The van der Waals surface area contributed by atoms with Gasteiger partial charge in [-0.25, -0.2) is 4.68 Å². The van der Waals surface area contributed by atoms with Crippen LogP contribution in [-0.4, -0.2) is 34.3 Å². The molecular weight excluding hydrogens is 370 g/mol. The molecule has 0 unspecified atom stereocenters. The van der Waals surface area contributed by atoms with Crippen LogP contribution in [0.4, 0.5) is 0 Å². The zero-order valence-electron chi connectivity index (χ0n) is 14.8. The van der Waals surface area contributed by atoms with Gasteiger partial charge in [-0.1, -0.05) is 11.6 Å². The van der Waals surface area contributed by atoms with E-state index in [1.54, 1.807) is 61.0 Å². The molecule has 2 heterocycles. The number of furan rings is 1. The Morgan fingerprint density at radius 2 is 2.00 bits per heavy atom. The van der Waals surface area contributed by atoms with Crippen molar-refractivity contribution in [3.63, 3.8) is 0 Å². The van der Waals surface area contributed by atoms with Crippen LogP contribution in [0.3, 0.4) is 0 Å². The summed E-state index contributed by atoms with van der Waals surface area (Å²) in [5.41, 5.74) is 1.45. The number of esters is 1. The van der Waals surface area contributed by atoms with Crippen LogP contribution in [0.15, 0.2) is 53.1 Å². The van der Waals surface area contributed by atoms with Gasteiger partial charge in [0, 0.05) is 11.1 Å². The summed E-state index contributed by atoms with van der Waals surface area (Å²) in [6.07, 6.45) is 1.29. The van der Waals surface area contributed by atoms with Crippen LogP contribution in [0.5, 0.6) is 0 Å². The summed E-state index contributed by atoms with van der Waals surface area (Å²) in [5, 5.41) is 7.45. The molecule has 0 aliphatic heterocycles. The maximum Gasteiger partial charge on any atom is 0.325 e. The summed E-state index contributed by atoms with van der Waals surface area (Å²) in [6.45, 7) is 3.24. The topological polar surface area (TPSA) is 86.4 Å². The molecule has 0 saturated heterocycles. The molecule has 3 aromatic rings. The highest BCUT2D eigenvalue weighted by molar-refractivity contribution is 6.30. The van der Waals surface area contributed by atoms with E-state index < -0.39 is 11.9 Å². The van der Waals surface area contributed by atoms with Crippen molar-refractivity contribution in [2.45, 2.75) is 20.0 Å². The van der Waals surface area contributed by atoms with E-state index in [1.165, 1.54) is 6.26 Å². The monoisotopic (exact) mass is 387 g/mol. The fourth-order valence-corrected chi connectivity index (χ4v) is 2.54. The third-order valence-corrected chi connectivity index (χ3v) is 3.80. The molecule has 1 aromatic carbocycles. The highest BCUT2D eigenvalue weighted by Crippen LogP contribution is 2.25. The van der Waals surface area contributed by atoms with Crippen LogP contribution in [0.25, 0.3) is 17.1 Å². The zero-order valence-corrected chi connectivity index (χ0v) is 15.6. The summed E-state index contributed by atoms with van der Waals surface area (Å²) in [7, 11) is 0. The van der Waals surface area contributed by atoms with Crippen molar-refractivity contribution >= 4 is 23.5 Å². The van der Waals surface area contributed by atoms with Crippen molar-refractivity contribution in [3.8, 4) is 17.1 Å². The minimum Gasteiger partial charge on any atom is -0.463 e. The summed E-state index contributed by atoms with van der Waals surface area (Å²) in [4.78, 5) is 24.0. The van der Waals surface area contributed by atoms with Crippen LogP contribution in [-0.2, 0) is 9.53 Å². The lowest BCUT2D eigenvalue weighted by atomic mass is 10.2. The maximum atomic E-state index is 12.4. The Labute approximate surface area is 160 Å². The first-order chi connectivity index (χ1) is 12.9. The van der Waals surface area contributed by atoms with Crippen LogP contribution in [0, 0.1) is 0 Å². The molecule has 0 saturated carbocycles. The van der Waals surface area contributed by atoms with Gasteiger partial charge in [-0.15, -0.1) is 0 Å². The molecular formula is C19H18ClN3O4. The third kappa shape index (κ3) is 4.57. The molecule has 1 amide bonds. The number of halogens is 1. The summed E-state index contributed by atoms with van der Waals surface area (Å²) >= 11 is 5.94. The summed E-state index contributed by atoms with van der Waals surface area (Å²) in [6, 6.07) is 12.1. The number of carbonyl (C=O) groups excluding carboxylic acids is 2. The highest BCUT2D eigenvalue weighted by Gasteiger charge is 2.19. The molecule has 0 fully saturated rings. The lowest BCUT2D eigenvalue weighted by Crippen LogP contribution is -2.32. The lowest BCUT2D eigenvalue weighted by molar-refractivity contribution is -0.146. The highest BCUT2D eigenvalue weighted by atomic mass is 35.5. The molecule has 0 aliphatic carbocycles. The molecule has 0 bridgehead atoms. The third-order valence-electron chi connectivity index (χ3n) is 3.55. The normalized spacial score (nSPS) is 10.8. The molecule has 0 aliphatic rings. The van der Waals surface area contributed by atoms with Gasteiger partial charge in [-0.05, 0) is 50.2 Å². The van der Waals surface area contributed by atoms with E-state index >= 15 is 0 Å². The van der Waals surface area contributed by atoms with Crippen LogP contribution in [0.2, 0.25) is 5.02 Å². The van der Waals surface area contributed by atoms with Gasteiger partial charge in [-0.3, -0.25) is 9.59 Å². The fourth-order valence-electron chi connectivity index (χ4n) is 2.42. The Bertz CT molecular complexity index is 931. The summed E-state index contributed by atoms with van der Waals surface area (Å²) < 4.78 is 12.0. The van der Waals surface area contributed by atoms with E-state index in [2.05, 4.69) is 10.4 Å². The average Bonchev–Trinajstić information content (AvgIpc) is 3.29. The van der Waals surface area contributed by atoms with Crippen LogP contribution < -0.4 is 5.32 Å². The lowest BCUT2D eigenvalue weighted by Gasteiger charge is -2.08. The molecule has 1 N–H and O–H groups in total. The van der Waals surface area contributed by atoms with Crippen LogP contribution >= 0.6 is 11.6 Å². The number of amides is 1. The van der Waals surface area contributed by atoms with E-state index in [0.717, 1.165) is 0 Å². The van der Waals surface area contributed by atoms with Gasteiger partial charge in [0.15, 0.2) is 11.5 Å². The molecule has 3 rings (SSSR count). The number of rotatable bonds is 6. The van der Waals surface area contributed by atoms with Crippen molar-refractivity contribution < 1.29 is 18.7 Å². The van der Waals surface area contributed by atoms with Crippen molar-refractivity contribution in [2.75, 3.05) is 6.54 Å². The largest absolute Gasteiger partial charge is 0.463 e. The predicted octanol–water partition coefficient (Wildman–Crippen LogP) is 3.47. The second-order valence-electron chi connectivity index (χ2n) is 6.00. The van der Waals surface area contributed by atoms with E-state index in [0.29, 0.717) is 22.2 Å². The number of carbonyl (C=O) groups is 2. The van der Waals surface area contributed by atoms with Crippen LogP contribution in [0.1, 0.15) is 24.3 Å². The van der Waals surface area contributed by atoms with Crippen molar-refractivity contribution in [1.82, 2.24) is 15.1 Å². The maximum absolute atomic E-state index is 12.4. The Kier molecular flexibility index (Phi) is 5.61. The molecule has 140 valence electrons. The zero-order chi connectivity index (χ0) is 19.4. The van der Waals surface area contributed by atoms with Gasteiger partial charge in [-0.2, -0.15) is 5.10 Å². The van der Waals surface area contributed by atoms with Gasteiger partial charge in [0.2, 0.25) is 0 Å². The van der Waals surface area contributed by atoms with E-state index in [9.17, 15) is 9.59 Å². The first-order valence-electron chi connectivity index (χ1n) is 8.31. The molecule has 27 heavy (non-hydrogen) atoms. The first-order valence-corrected chi connectivity index (χ1v) is 8.69. The molecule has 7 nitrogen and oxygen atoms in total. The van der Waals surface area contributed by atoms with Gasteiger partial charge in [0.05, 0.1) is 18.1 Å². The van der Waals surface area contributed by atoms with E-state index in [-0.39, 0.29) is 18.3 Å². The van der Waals surface area contributed by atoms with Gasteiger partial charge >= 0.3 is 5.97 Å². The molecule has 0 spiro atoms. The average molecular weight is 388 g/mol. The molecule has 8 heteroatoms. The number of hydrogen-bond acceptors (Lipinski definition) is 5. The van der Waals surface area contributed by atoms with Crippen molar-refractivity contribution in [3.05, 3.63) is 59.4 Å². The minimum absolute atomic E-state index is 0.147.